The van der Waals surface area contributed by atoms with Gasteiger partial charge >= 0.3 is 42.2 Å². The highest BCUT2D eigenvalue weighted by Gasteiger charge is 2.82. The third-order valence-corrected chi connectivity index (χ3v) is 3.48. The minimum absolute atomic E-state index is 0.413. The summed E-state index contributed by atoms with van der Waals surface area (Å²) < 4.78 is 181. The Bertz CT molecular complexity index is 519. The van der Waals surface area contributed by atoms with Gasteiger partial charge in [0.2, 0.25) is 0 Å². The van der Waals surface area contributed by atoms with Crippen molar-refractivity contribution in [1.82, 2.24) is 0 Å². The van der Waals surface area contributed by atoms with Gasteiger partial charge in [-0.15, -0.1) is 0 Å². The van der Waals surface area contributed by atoms with Crippen molar-refractivity contribution in [2.24, 2.45) is 0 Å². The van der Waals surface area contributed by atoms with Gasteiger partial charge in [0.25, 0.3) is 0 Å². The van der Waals surface area contributed by atoms with Crippen molar-refractivity contribution in [2.45, 2.75) is 42.2 Å². The Morgan fingerprint density at radius 3 is 1.30 bits per heavy atom. The summed E-state index contributed by atoms with van der Waals surface area (Å²) in [6, 6.07) is 0. The van der Waals surface area contributed by atoms with Crippen molar-refractivity contribution in [3.05, 3.63) is 0 Å². The number of aliphatic hydroxyl groups is 1. The summed E-state index contributed by atoms with van der Waals surface area (Å²) in [7, 11) is 0. The molecule has 0 aromatic rings. The van der Waals surface area contributed by atoms with E-state index in [2.05, 4.69) is 0 Å². The fourth-order valence-corrected chi connectivity index (χ4v) is 1.50. The van der Waals surface area contributed by atoms with Gasteiger partial charge < -0.3 is 5.11 Å². The molecule has 0 aromatic heterocycles. The summed E-state index contributed by atoms with van der Waals surface area (Å²) >= 11 is 0.413. The first-order valence-corrected chi connectivity index (χ1v) is 7.28. The fourth-order valence-electron chi connectivity index (χ4n) is 1.06. The molecule has 0 aliphatic carbocycles. The van der Waals surface area contributed by atoms with Crippen molar-refractivity contribution in [3.63, 3.8) is 0 Å². The number of halogens is 15. The van der Waals surface area contributed by atoms with E-state index < -0.39 is 53.2 Å². The van der Waals surface area contributed by atoms with Gasteiger partial charge in [0.05, 0.1) is 4.43 Å². The maximum absolute atomic E-state index is 13.6. The van der Waals surface area contributed by atoms with E-state index in [4.69, 9.17) is 5.11 Å². The molecule has 0 heterocycles. The molecule has 1 N–H and O–H groups in total. The van der Waals surface area contributed by atoms with Crippen molar-refractivity contribution in [3.8, 4) is 0 Å². The van der Waals surface area contributed by atoms with E-state index in [1.807, 2.05) is 9.47 Å². The van der Waals surface area contributed by atoms with Crippen LogP contribution in [0.4, 0.5) is 61.5 Å². The van der Waals surface area contributed by atoms with Gasteiger partial charge in [-0.3, -0.25) is 9.47 Å². The molecule has 0 saturated carbocycles. The zero-order chi connectivity index (χ0) is 22.3. The van der Waals surface area contributed by atoms with Crippen LogP contribution in [-0.2, 0) is 9.47 Å². The van der Waals surface area contributed by atoms with Gasteiger partial charge in [-0.1, -0.05) is 22.6 Å². The second-order valence-corrected chi connectivity index (χ2v) is 5.32. The molecule has 0 bridgehead atoms. The number of aliphatic hydroxyl groups excluding tert-OH is 1. The molecule has 0 saturated heterocycles. The highest BCUT2D eigenvalue weighted by atomic mass is 127. The minimum atomic E-state index is -7.44. The monoisotopic (exact) mass is 554 g/mol. The first-order chi connectivity index (χ1) is 11.5. The Hall–Kier alpha value is -0.370. The van der Waals surface area contributed by atoms with Crippen molar-refractivity contribution in [1.29, 1.82) is 0 Å². The number of ether oxygens (including phenoxy) is 2. The van der Waals surface area contributed by atoms with Crippen LogP contribution >= 0.6 is 22.6 Å². The summed E-state index contributed by atoms with van der Waals surface area (Å²) in [6.45, 7) is -3.18. The first-order valence-electron chi connectivity index (χ1n) is 5.75. The first kappa shape index (κ1) is 26.6. The molecule has 0 spiro atoms. The van der Waals surface area contributed by atoms with Crippen LogP contribution in [-0.4, -0.2) is 58.3 Å². The molecule has 0 aromatic carbocycles. The van der Waals surface area contributed by atoms with E-state index in [0.717, 1.165) is 0 Å². The van der Waals surface area contributed by atoms with Crippen LogP contribution in [0, 0.1) is 0 Å². The van der Waals surface area contributed by atoms with Gasteiger partial charge in [0.1, 0.15) is 6.61 Å². The second kappa shape index (κ2) is 7.47. The Labute approximate surface area is 152 Å². The second-order valence-electron chi connectivity index (χ2n) is 4.55. The average molecular weight is 554 g/mol. The lowest BCUT2D eigenvalue weighted by Crippen LogP contribution is -2.66. The van der Waals surface area contributed by atoms with E-state index in [-0.39, 0.29) is 0 Å². The molecule has 27 heavy (non-hydrogen) atoms. The molecule has 0 rings (SSSR count). The van der Waals surface area contributed by atoms with Crippen molar-refractivity contribution >= 4 is 22.6 Å². The fraction of sp³-hybridized carbons (Fsp3) is 1.00. The maximum Gasteiger partial charge on any atom is 0.458 e. The van der Waals surface area contributed by atoms with Crippen LogP contribution in [0.25, 0.3) is 0 Å². The van der Waals surface area contributed by atoms with Crippen LogP contribution in [0.5, 0.6) is 0 Å². The normalized spacial score (nSPS) is 19.6. The third-order valence-electron chi connectivity index (χ3n) is 2.52. The highest BCUT2D eigenvalue weighted by molar-refractivity contribution is 14.1. The van der Waals surface area contributed by atoms with E-state index in [9.17, 15) is 61.5 Å². The molecule has 164 valence electrons. The summed E-state index contributed by atoms with van der Waals surface area (Å²) in [5.41, 5.74) is 0. The zero-order valence-electron chi connectivity index (χ0n) is 11.8. The number of alkyl halides is 15. The SMILES string of the molecule is OCC(F)(OC(F)(F)C(F)(OC(F)(F)C(F)(F)CI)C(F)(F)F)C(F)(F)F. The molecule has 18 heteroatoms. The Kier molecular flexibility index (Phi) is 7.37. The lowest BCUT2D eigenvalue weighted by Gasteiger charge is -2.39. The molecule has 2 unspecified atom stereocenters. The van der Waals surface area contributed by atoms with E-state index in [0.29, 0.717) is 22.6 Å². The summed E-state index contributed by atoms with van der Waals surface area (Å²) in [5.74, 6) is -19.2. The zero-order valence-corrected chi connectivity index (χ0v) is 14.0. The number of hydrogen-bond acceptors (Lipinski definition) is 3. The van der Waals surface area contributed by atoms with Crippen molar-refractivity contribution in [2.75, 3.05) is 11.0 Å². The van der Waals surface area contributed by atoms with Crippen LogP contribution in [0.1, 0.15) is 0 Å². The Morgan fingerprint density at radius 1 is 0.630 bits per heavy atom. The van der Waals surface area contributed by atoms with Gasteiger partial charge in [-0.05, 0) is 0 Å². The molecule has 0 fully saturated rings. The van der Waals surface area contributed by atoms with E-state index >= 15 is 0 Å². The quantitative estimate of drug-likeness (QED) is 0.268. The maximum atomic E-state index is 13.6. The minimum Gasteiger partial charge on any atom is -0.390 e. The van der Waals surface area contributed by atoms with Gasteiger partial charge in [0.15, 0.2) is 0 Å². The summed E-state index contributed by atoms with van der Waals surface area (Å²) in [5, 5.41) is 8.09. The highest BCUT2D eigenvalue weighted by Crippen LogP contribution is 2.54. The molecule has 0 aliphatic heterocycles. The van der Waals surface area contributed by atoms with Crippen LogP contribution in [0.15, 0.2) is 0 Å². The van der Waals surface area contributed by atoms with Gasteiger partial charge in [0, 0.05) is 0 Å². The lowest BCUT2D eigenvalue weighted by molar-refractivity contribution is -0.542. The number of hydrogen-bond donors (Lipinski definition) is 1. The molecule has 0 radical (unpaired) electrons. The predicted molar refractivity (Wildman–Crippen MR) is 62.8 cm³/mol. The molecule has 0 aliphatic rings. The summed E-state index contributed by atoms with van der Waals surface area (Å²) in [6.07, 6.45) is -28.2. The Balaban J connectivity index is 6.30. The summed E-state index contributed by atoms with van der Waals surface area (Å²) in [4.78, 5) is 0. The molecule has 2 atom stereocenters. The van der Waals surface area contributed by atoms with E-state index in [1.165, 1.54) is 0 Å². The molecular weight excluding hydrogens is 549 g/mol. The molecular formula is C9H5F14IO3. The standard InChI is InChI=1S/C9H5F14IO3/c10-3(11,1-24)8(20,21)27-5(13,7(17,18)19)9(22,23)26-4(12,2-25)6(14,15)16/h25H,1-2H2. The topological polar surface area (TPSA) is 38.7 Å². The van der Waals surface area contributed by atoms with Crippen LogP contribution in [0.3, 0.4) is 0 Å². The number of rotatable bonds is 8. The van der Waals surface area contributed by atoms with Gasteiger partial charge in [-0.2, -0.15) is 61.5 Å². The third kappa shape index (κ3) is 4.98. The van der Waals surface area contributed by atoms with Gasteiger partial charge in [-0.25, -0.2) is 0 Å². The Morgan fingerprint density at radius 2 is 1.04 bits per heavy atom. The lowest BCUT2D eigenvalue weighted by atomic mass is 10.2. The smallest absolute Gasteiger partial charge is 0.390 e. The van der Waals surface area contributed by atoms with Crippen LogP contribution < -0.4 is 0 Å². The molecule has 0 amide bonds. The van der Waals surface area contributed by atoms with Crippen LogP contribution in [0.2, 0.25) is 0 Å². The van der Waals surface area contributed by atoms with E-state index in [1.54, 1.807) is 0 Å². The largest absolute Gasteiger partial charge is 0.458 e. The average Bonchev–Trinajstić information content (AvgIpc) is 2.43. The predicted octanol–water partition coefficient (Wildman–Crippen LogP) is 4.72. The van der Waals surface area contributed by atoms with Crippen molar-refractivity contribution < 1.29 is 76.0 Å². The molecule has 3 nitrogen and oxygen atoms in total.